The molecule has 9 heteroatoms. The third-order valence-corrected chi connectivity index (χ3v) is 3.74. The molecule has 0 aliphatic rings. The van der Waals surface area contributed by atoms with Gasteiger partial charge < -0.3 is 20.1 Å². The number of carbonyl (C=O) groups excluding carboxylic acids is 2. The molecule has 2 N–H and O–H groups in total. The molecular weight excluding hydrogens is 354 g/mol. The van der Waals surface area contributed by atoms with Gasteiger partial charge >= 0.3 is 5.97 Å². The molecule has 142 valence electrons. The number of ether oxygens (including phenoxy) is 2. The van der Waals surface area contributed by atoms with E-state index < -0.39 is 16.9 Å². The topological polar surface area (TPSA) is 120 Å². The number of nitro benzene ring substituents is 1. The van der Waals surface area contributed by atoms with Gasteiger partial charge in [-0.15, -0.1) is 0 Å². The van der Waals surface area contributed by atoms with Crippen LogP contribution in [0.5, 0.6) is 5.75 Å². The number of esters is 1. The molecule has 0 saturated carbocycles. The SMILES string of the molecule is COC(=O)c1ccc(N[C@@H](C)C(=O)Nc2ccc([N+](=O)[O-])cc2OC)cc1. The minimum atomic E-state index is -0.617. The first-order valence-electron chi connectivity index (χ1n) is 7.94. The van der Waals surface area contributed by atoms with E-state index in [0.717, 1.165) is 0 Å². The second-order valence-electron chi connectivity index (χ2n) is 5.57. The predicted molar refractivity (Wildman–Crippen MR) is 99.1 cm³/mol. The van der Waals surface area contributed by atoms with E-state index in [-0.39, 0.29) is 17.3 Å². The van der Waals surface area contributed by atoms with Gasteiger partial charge in [-0.2, -0.15) is 0 Å². The van der Waals surface area contributed by atoms with E-state index in [4.69, 9.17) is 4.74 Å². The highest BCUT2D eigenvalue weighted by molar-refractivity contribution is 5.97. The first-order valence-corrected chi connectivity index (χ1v) is 7.94. The first kappa shape index (κ1) is 19.7. The lowest BCUT2D eigenvalue weighted by Crippen LogP contribution is -2.32. The summed E-state index contributed by atoms with van der Waals surface area (Å²) < 4.78 is 9.73. The highest BCUT2D eigenvalue weighted by Gasteiger charge is 2.17. The average Bonchev–Trinajstić information content (AvgIpc) is 2.67. The Labute approximate surface area is 155 Å². The molecular formula is C18H19N3O6. The summed E-state index contributed by atoms with van der Waals surface area (Å²) in [6.45, 7) is 1.65. The van der Waals surface area contributed by atoms with E-state index in [1.54, 1.807) is 31.2 Å². The van der Waals surface area contributed by atoms with Crippen LogP contribution in [0, 0.1) is 10.1 Å². The number of hydrogen-bond acceptors (Lipinski definition) is 7. The van der Waals surface area contributed by atoms with E-state index in [2.05, 4.69) is 15.4 Å². The molecule has 0 aromatic heterocycles. The zero-order chi connectivity index (χ0) is 20.0. The normalized spacial score (nSPS) is 11.2. The molecule has 1 amide bonds. The molecule has 0 heterocycles. The summed E-state index contributed by atoms with van der Waals surface area (Å²) in [5, 5.41) is 16.5. The summed E-state index contributed by atoms with van der Waals surface area (Å²) in [5.74, 6) is -0.621. The zero-order valence-corrected chi connectivity index (χ0v) is 15.0. The van der Waals surface area contributed by atoms with Crippen molar-refractivity contribution in [3.63, 3.8) is 0 Å². The highest BCUT2D eigenvalue weighted by atomic mass is 16.6. The molecule has 27 heavy (non-hydrogen) atoms. The van der Waals surface area contributed by atoms with Gasteiger partial charge in [0.05, 0.1) is 36.5 Å². The van der Waals surface area contributed by atoms with Crippen molar-refractivity contribution in [3.05, 3.63) is 58.1 Å². The van der Waals surface area contributed by atoms with Crippen LogP contribution < -0.4 is 15.4 Å². The van der Waals surface area contributed by atoms with Crippen LogP contribution in [0.3, 0.4) is 0 Å². The number of benzene rings is 2. The molecule has 2 aromatic carbocycles. The largest absolute Gasteiger partial charge is 0.494 e. The van der Waals surface area contributed by atoms with Crippen molar-refractivity contribution in [1.29, 1.82) is 0 Å². The number of carbonyl (C=O) groups is 2. The van der Waals surface area contributed by atoms with Crippen molar-refractivity contribution >= 4 is 28.9 Å². The van der Waals surface area contributed by atoms with Crippen LogP contribution in [0.25, 0.3) is 0 Å². The Morgan fingerprint density at radius 3 is 2.33 bits per heavy atom. The van der Waals surface area contributed by atoms with Crippen molar-refractivity contribution in [2.24, 2.45) is 0 Å². The summed E-state index contributed by atoms with van der Waals surface area (Å²) >= 11 is 0. The lowest BCUT2D eigenvalue weighted by Gasteiger charge is -2.16. The molecule has 0 radical (unpaired) electrons. The quantitative estimate of drug-likeness (QED) is 0.435. The fourth-order valence-electron chi connectivity index (χ4n) is 2.27. The molecule has 0 bridgehead atoms. The number of anilines is 2. The van der Waals surface area contributed by atoms with E-state index in [0.29, 0.717) is 16.9 Å². The van der Waals surface area contributed by atoms with Crippen molar-refractivity contribution in [2.75, 3.05) is 24.9 Å². The van der Waals surface area contributed by atoms with Crippen LogP contribution in [0.1, 0.15) is 17.3 Å². The van der Waals surface area contributed by atoms with E-state index in [1.165, 1.54) is 32.4 Å². The van der Waals surface area contributed by atoms with Crippen molar-refractivity contribution < 1.29 is 24.0 Å². The summed E-state index contributed by atoms with van der Waals surface area (Å²) in [5.41, 5.74) is 1.22. The minimum absolute atomic E-state index is 0.137. The van der Waals surface area contributed by atoms with Crippen molar-refractivity contribution in [3.8, 4) is 5.75 Å². The number of nitrogens with zero attached hydrogens (tertiary/aromatic N) is 1. The molecule has 0 spiro atoms. The molecule has 0 unspecified atom stereocenters. The van der Waals surface area contributed by atoms with Crippen LogP contribution >= 0.6 is 0 Å². The molecule has 0 saturated heterocycles. The van der Waals surface area contributed by atoms with Crippen LogP contribution in [0.2, 0.25) is 0 Å². The van der Waals surface area contributed by atoms with Gasteiger partial charge in [-0.25, -0.2) is 4.79 Å². The second-order valence-corrected chi connectivity index (χ2v) is 5.57. The summed E-state index contributed by atoms with van der Waals surface area (Å²) in [7, 11) is 2.66. The van der Waals surface area contributed by atoms with Gasteiger partial charge in [0.25, 0.3) is 5.69 Å². The Hall–Kier alpha value is -3.62. The van der Waals surface area contributed by atoms with Crippen molar-refractivity contribution in [2.45, 2.75) is 13.0 Å². The van der Waals surface area contributed by atoms with E-state index in [1.807, 2.05) is 0 Å². The van der Waals surface area contributed by atoms with Crippen LogP contribution in [0.4, 0.5) is 17.1 Å². The lowest BCUT2D eigenvalue weighted by molar-refractivity contribution is -0.384. The lowest BCUT2D eigenvalue weighted by atomic mass is 10.2. The summed E-state index contributed by atoms with van der Waals surface area (Å²) in [6.07, 6.45) is 0. The Bertz CT molecular complexity index is 851. The average molecular weight is 373 g/mol. The standard InChI is InChI=1S/C18H19N3O6/c1-11(19-13-6-4-12(5-7-13)18(23)27-3)17(22)20-15-9-8-14(21(24)25)10-16(15)26-2/h4-11,19H,1-3H3,(H,20,22)/t11-/m0/s1. The highest BCUT2D eigenvalue weighted by Crippen LogP contribution is 2.29. The van der Waals surface area contributed by atoms with Gasteiger partial charge in [0.1, 0.15) is 11.8 Å². The maximum atomic E-state index is 12.4. The Morgan fingerprint density at radius 1 is 1.11 bits per heavy atom. The number of nitrogens with one attached hydrogen (secondary N) is 2. The van der Waals surface area contributed by atoms with Gasteiger partial charge in [-0.3, -0.25) is 14.9 Å². The van der Waals surface area contributed by atoms with Gasteiger partial charge in [0.15, 0.2) is 0 Å². The van der Waals surface area contributed by atoms with Crippen molar-refractivity contribution in [1.82, 2.24) is 0 Å². The number of non-ortho nitro benzene ring substituents is 1. The van der Waals surface area contributed by atoms with Gasteiger partial charge in [-0.1, -0.05) is 0 Å². The number of methoxy groups -OCH3 is 2. The number of rotatable bonds is 7. The monoisotopic (exact) mass is 373 g/mol. The van der Waals surface area contributed by atoms with E-state index in [9.17, 15) is 19.7 Å². The van der Waals surface area contributed by atoms with Gasteiger partial charge in [-0.05, 0) is 37.3 Å². The second kappa shape index (κ2) is 8.65. The maximum absolute atomic E-state index is 12.4. The molecule has 2 aromatic rings. The third kappa shape index (κ3) is 4.94. The third-order valence-electron chi connectivity index (χ3n) is 3.74. The number of amides is 1. The van der Waals surface area contributed by atoms with Gasteiger partial charge in [0.2, 0.25) is 5.91 Å². The summed E-state index contributed by atoms with van der Waals surface area (Å²) in [4.78, 5) is 34.1. The molecule has 1 atom stereocenters. The fourth-order valence-corrected chi connectivity index (χ4v) is 2.27. The molecule has 9 nitrogen and oxygen atoms in total. The summed E-state index contributed by atoms with van der Waals surface area (Å²) in [6, 6.07) is 9.78. The first-order chi connectivity index (χ1) is 12.8. The molecule has 0 fully saturated rings. The zero-order valence-electron chi connectivity index (χ0n) is 15.0. The van der Waals surface area contributed by atoms with Gasteiger partial charge in [0, 0.05) is 11.8 Å². The maximum Gasteiger partial charge on any atom is 0.337 e. The Kier molecular flexibility index (Phi) is 6.32. The molecule has 0 aliphatic carbocycles. The minimum Gasteiger partial charge on any atom is -0.494 e. The Balaban J connectivity index is 2.05. The fraction of sp³-hybridized carbons (Fsp3) is 0.222. The van der Waals surface area contributed by atoms with Crippen LogP contribution in [0.15, 0.2) is 42.5 Å². The molecule has 0 aliphatic heterocycles. The smallest absolute Gasteiger partial charge is 0.337 e. The van der Waals surface area contributed by atoms with Crippen LogP contribution in [-0.2, 0) is 9.53 Å². The van der Waals surface area contributed by atoms with Crippen LogP contribution in [-0.4, -0.2) is 37.1 Å². The Morgan fingerprint density at radius 2 is 1.78 bits per heavy atom. The van der Waals surface area contributed by atoms with E-state index >= 15 is 0 Å². The number of hydrogen-bond donors (Lipinski definition) is 2. The number of nitro groups is 1. The predicted octanol–water partition coefficient (Wildman–Crippen LogP) is 2.83. The molecule has 2 rings (SSSR count).